The fraction of sp³-hybridized carbons (Fsp3) is 0.500. The summed E-state index contributed by atoms with van der Waals surface area (Å²) in [5, 5.41) is 2.78. The topological polar surface area (TPSA) is 79.0 Å². The average Bonchev–Trinajstić information content (AvgIpc) is 2.75. The van der Waals surface area contributed by atoms with E-state index in [1.54, 1.807) is 31.2 Å². The van der Waals surface area contributed by atoms with E-state index in [0.29, 0.717) is 39.1 Å². The monoisotopic (exact) mass is 401 g/mol. The second-order valence-electron chi connectivity index (χ2n) is 7.23. The highest BCUT2D eigenvalue weighted by Gasteiger charge is 2.29. The van der Waals surface area contributed by atoms with Crippen LogP contribution in [0.2, 0.25) is 0 Å². The molecule has 1 heterocycles. The molecule has 0 unspecified atom stereocenters. The van der Waals surface area contributed by atoms with Gasteiger partial charge in [0.2, 0.25) is 17.7 Å². The maximum atomic E-state index is 12.6. The van der Waals surface area contributed by atoms with Crippen LogP contribution in [0.1, 0.15) is 24.8 Å². The van der Waals surface area contributed by atoms with Gasteiger partial charge in [-0.25, -0.2) is 0 Å². The first-order chi connectivity index (χ1) is 14.0. The van der Waals surface area contributed by atoms with E-state index >= 15 is 0 Å². The SMILES string of the molecule is COCCCNC(=O)CN(C)C(=O)C1CCN(C(=O)/C=C/c2ccccc2)CC1. The Bertz CT molecular complexity index is 697. The molecule has 29 heavy (non-hydrogen) atoms. The van der Waals surface area contributed by atoms with Crippen LogP contribution in [-0.2, 0) is 19.1 Å². The van der Waals surface area contributed by atoms with Gasteiger partial charge in [-0.3, -0.25) is 14.4 Å². The third kappa shape index (κ3) is 7.69. The minimum Gasteiger partial charge on any atom is -0.385 e. The fourth-order valence-electron chi connectivity index (χ4n) is 3.29. The molecule has 158 valence electrons. The summed E-state index contributed by atoms with van der Waals surface area (Å²) in [7, 11) is 3.27. The standard InChI is InChI=1S/C22H31N3O4/c1-24(17-20(26)23-13-6-16-29-2)22(28)19-11-14-25(15-12-19)21(27)10-9-18-7-4-3-5-8-18/h3-5,7-10,19H,6,11-17H2,1-2H3,(H,23,26)/b10-9+. The summed E-state index contributed by atoms with van der Waals surface area (Å²) in [5.74, 6) is -0.397. The number of ether oxygens (including phenoxy) is 1. The highest BCUT2D eigenvalue weighted by Crippen LogP contribution is 2.19. The van der Waals surface area contributed by atoms with Crippen molar-refractivity contribution >= 4 is 23.8 Å². The number of hydrogen-bond acceptors (Lipinski definition) is 4. The molecule has 2 rings (SSSR count). The highest BCUT2D eigenvalue weighted by molar-refractivity contribution is 5.92. The molecule has 0 saturated carbocycles. The number of carbonyl (C=O) groups excluding carboxylic acids is 3. The molecule has 1 aromatic rings. The molecule has 1 fully saturated rings. The van der Waals surface area contributed by atoms with Crippen molar-refractivity contribution in [2.24, 2.45) is 5.92 Å². The number of amides is 3. The predicted octanol–water partition coefficient (Wildman–Crippen LogP) is 1.55. The Morgan fingerprint density at radius 3 is 2.55 bits per heavy atom. The number of benzene rings is 1. The minimum absolute atomic E-state index is 0.0380. The van der Waals surface area contributed by atoms with Crippen LogP contribution >= 0.6 is 0 Å². The molecule has 7 heteroatoms. The number of nitrogens with zero attached hydrogens (tertiary/aromatic N) is 2. The Labute approximate surface area is 172 Å². The molecule has 0 aromatic heterocycles. The molecule has 0 aliphatic carbocycles. The molecular formula is C22H31N3O4. The smallest absolute Gasteiger partial charge is 0.246 e. The van der Waals surface area contributed by atoms with Crippen molar-refractivity contribution in [3.63, 3.8) is 0 Å². The third-order valence-electron chi connectivity index (χ3n) is 4.98. The van der Waals surface area contributed by atoms with Crippen molar-refractivity contribution in [2.45, 2.75) is 19.3 Å². The number of likely N-dealkylation sites (tertiary alicyclic amines) is 1. The second-order valence-corrected chi connectivity index (χ2v) is 7.23. The number of carbonyl (C=O) groups is 3. The molecule has 0 radical (unpaired) electrons. The van der Waals surface area contributed by atoms with Crippen molar-refractivity contribution in [2.75, 3.05) is 46.9 Å². The van der Waals surface area contributed by atoms with Crippen molar-refractivity contribution in [1.82, 2.24) is 15.1 Å². The van der Waals surface area contributed by atoms with Crippen LogP contribution in [0.3, 0.4) is 0 Å². The number of piperidine rings is 1. The van der Waals surface area contributed by atoms with Gasteiger partial charge in [-0.1, -0.05) is 30.3 Å². The lowest BCUT2D eigenvalue weighted by atomic mass is 9.95. The normalized spacial score (nSPS) is 14.8. The van der Waals surface area contributed by atoms with Gasteiger partial charge < -0.3 is 19.9 Å². The molecule has 1 saturated heterocycles. The van der Waals surface area contributed by atoms with Crippen LogP contribution in [0.25, 0.3) is 6.08 Å². The van der Waals surface area contributed by atoms with Gasteiger partial charge in [0.15, 0.2) is 0 Å². The summed E-state index contributed by atoms with van der Waals surface area (Å²) in [6.07, 6.45) is 5.36. The maximum absolute atomic E-state index is 12.6. The number of nitrogens with one attached hydrogen (secondary N) is 1. The number of hydrogen-bond donors (Lipinski definition) is 1. The van der Waals surface area contributed by atoms with E-state index in [1.165, 1.54) is 4.90 Å². The zero-order valence-corrected chi connectivity index (χ0v) is 17.3. The van der Waals surface area contributed by atoms with Crippen LogP contribution in [0.15, 0.2) is 36.4 Å². The van der Waals surface area contributed by atoms with Gasteiger partial charge in [0.25, 0.3) is 0 Å². The van der Waals surface area contributed by atoms with Crippen molar-refractivity contribution in [1.29, 1.82) is 0 Å². The number of rotatable bonds is 9. The van der Waals surface area contributed by atoms with Crippen molar-refractivity contribution in [3.8, 4) is 0 Å². The molecule has 1 N–H and O–H groups in total. The fourth-order valence-corrected chi connectivity index (χ4v) is 3.29. The Morgan fingerprint density at radius 1 is 1.21 bits per heavy atom. The molecule has 0 spiro atoms. The number of methoxy groups -OCH3 is 1. The van der Waals surface area contributed by atoms with E-state index < -0.39 is 0 Å². The van der Waals surface area contributed by atoms with E-state index in [0.717, 1.165) is 12.0 Å². The summed E-state index contributed by atoms with van der Waals surface area (Å²) in [4.78, 5) is 40.1. The van der Waals surface area contributed by atoms with E-state index in [1.807, 2.05) is 30.3 Å². The Kier molecular flexibility index (Phi) is 9.37. The Balaban J connectivity index is 1.73. The first-order valence-electron chi connectivity index (χ1n) is 10.0. The van der Waals surface area contributed by atoms with Gasteiger partial charge in [-0.05, 0) is 30.9 Å². The summed E-state index contributed by atoms with van der Waals surface area (Å²) in [6.45, 7) is 2.26. The predicted molar refractivity (Wildman–Crippen MR) is 112 cm³/mol. The lowest BCUT2D eigenvalue weighted by molar-refractivity contribution is -0.140. The van der Waals surface area contributed by atoms with Crippen LogP contribution in [0, 0.1) is 5.92 Å². The van der Waals surface area contributed by atoms with Gasteiger partial charge in [0, 0.05) is 52.4 Å². The third-order valence-corrected chi connectivity index (χ3v) is 4.98. The van der Waals surface area contributed by atoms with Gasteiger partial charge in [0.1, 0.15) is 0 Å². The van der Waals surface area contributed by atoms with E-state index in [4.69, 9.17) is 4.74 Å². The quantitative estimate of drug-likeness (QED) is 0.503. The lowest BCUT2D eigenvalue weighted by Gasteiger charge is -2.32. The van der Waals surface area contributed by atoms with E-state index in [-0.39, 0.29) is 30.2 Å². The molecule has 0 bridgehead atoms. The molecule has 1 aliphatic heterocycles. The Hall–Kier alpha value is -2.67. The summed E-state index contributed by atoms with van der Waals surface area (Å²) < 4.78 is 4.94. The van der Waals surface area contributed by atoms with Crippen LogP contribution < -0.4 is 5.32 Å². The zero-order valence-electron chi connectivity index (χ0n) is 17.3. The first-order valence-corrected chi connectivity index (χ1v) is 10.0. The molecular weight excluding hydrogens is 370 g/mol. The minimum atomic E-state index is -0.171. The zero-order chi connectivity index (χ0) is 21.1. The highest BCUT2D eigenvalue weighted by atomic mass is 16.5. The average molecular weight is 402 g/mol. The van der Waals surface area contributed by atoms with E-state index in [2.05, 4.69) is 5.32 Å². The largest absolute Gasteiger partial charge is 0.385 e. The molecule has 0 atom stereocenters. The van der Waals surface area contributed by atoms with Crippen molar-refractivity contribution < 1.29 is 19.1 Å². The van der Waals surface area contributed by atoms with E-state index in [9.17, 15) is 14.4 Å². The van der Waals surface area contributed by atoms with Crippen LogP contribution in [-0.4, -0.2) is 74.5 Å². The summed E-state index contributed by atoms with van der Waals surface area (Å²) >= 11 is 0. The second kappa shape index (κ2) is 12.0. The summed E-state index contributed by atoms with van der Waals surface area (Å²) in [6, 6.07) is 9.68. The molecule has 7 nitrogen and oxygen atoms in total. The maximum Gasteiger partial charge on any atom is 0.246 e. The first kappa shape index (κ1) is 22.6. The molecule has 3 amide bonds. The molecule has 1 aliphatic rings. The van der Waals surface area contributed by atoms with Gasteiger partial charge in [0.05, 0.1) is 6.54 Å². The van der Waals surface area contributed by atoms with Crippen LogP contribution in [0.4, 0.5) is 0 Å². The van der Waals surface area contributed by atoms with Crippen LogP contribution in [0.5, 0.6) is 0 Å². The van der Waals surface area contributed by atoms with Gasteiger partial charge >= 0.3 is 0 Å². The lowest BCUT2D eigenvalue weighted by Crippen LogP contribution is -2.45. The van der Waals surface area contributed by atoms with Crippen molar-refractivity contribution in [3.05, 3.63) is 42.0 Å². The van der Waals surface area contributed by atoms with Gasteiger partial charge in [-0.2, -0.15) is 0 Å². The molecule has 1 aromatic carbocycles. The Morgan fingerprint density at radius 2 is 1.90 bits per heavy atom. The summed E-state index contributed by atoms with van der Waals surface area (Å²) in [5.41, 5.74) is 0.980. The number of likely N-dealkylation sites (N-methyl/N-ethyl adjacent to an activating group) is 1. The van der Waals surface area contributed by atoms with Gasteiger partial charge in [-0.15, -0.1) is 0 Å².